The highest BCUT2D eigenvalue weighted by Gasteiger charge is 2.49. The number of hydrogen-bond donors (Lipinski definition) is 0. The molecule has 4 heterocycles. The van der Waals surface area contributed by atoms with Crippen LogP contribution in [0.5, 0.6) is 0 Å². The topological polar surface area (TPSA) is 31.0 Å². The fourth-order valence-electron chi connectivity index (χ4n) is 19.8. The van der Waals surface area contributed by atoms with Crippen molar-refractivity contribution in [2.75, 3.05) is 19.6 Å². The fraction of sp³-hybridized carbons (Fsp3) is 0.200. The first-order chi connectivity index (χ1) is 60.8. The first kappa shape index (κ1) is 81.7. The van der Waals surface area contributed by atoms with E-state index in [2.05, 4.69) is 501 Å². The van der Waals surface area contributed by atoms with E-state index in [1.165, 1.54) is 44.2 Å². The van der Waals surface area contributed by atoms with Gasteiger partial charge in [0.2, 0.25) is 0 Å². The summed E-state index contributed by atoms with van der Waals surface area (Å²) in [5.74, 6) is 0. The van der Waals surface area contributed by atoms with E-state index in [0.717, 1.165) is 168 Å². The van der Waals surface area contributed by atoms with Gasteiger partial charge in [-0.1, -0.05) is 367 Å². The van der Waals surface area contributed by atoms with Crippen molar-refractivity contribution in [1.82, 2.24) is 4.57 Å². The van der Waals surface area contributed by atoms with Crippen molar-refractivity contribution < 1.29 is 4.42 Å². The summed E-state index contributed by atoms with van der Waals surface area (Å²) in [5.41, 5.74) is 36.2. The van der Waals surface area contributed by atoms with Gasteiger partial charge in [-0.3, -0.25) is 0 Å². The Morgan fingerprint density at radius 3 is 0.969 bits per heavy atom. The molecule has 0 aliphatic carbocycles. The van der Waals surface area contributed by atoms with E-state index in [4.69, 9.17) is 4.42 Å². The van der Waals surface area contributed by atoms with Gasteiger partial charge in [-0.2, -0.15) is 0 Å². The Morgan fingerprint density at radius 2 is 0.591 bits per heavy atom. The van der Waals surface area contributed by atoms with Crippen LogP contribution in [0.1, 0.15) is 158 Å². The number of furan rings is 1. The quantitative estimate of drug-likeness (QED) is 0.107. The average molecular weight is 1650 g/mol. The van der Waals surface area contributed by atoms with Crippen molar-refractivity contribution in [3.63, 3.8) is 0 Å². The van der Waals surface area contributed by atoms with E-state index in [1.807, 2.05) is 0 Å². The number of para-hydroxylation sites is 3. The summed E-state index contributed by atoms with van der Waals surface area (Å²) >= 11 is 0. The van der Waals surface area contributed by atoms with E-state index in [9.17, 15) is 0 Å². The molecule has 18 aromatic rings. The molecule has 0 atom stereocenters. The Kier molecular flexibility index (Phi) is 19.7. The zero-order valence-corrected chi connectivity index (χ0v) is 76.7. The smallest absolute Gasteiger partial charge is 0.257 e. The molecular formula is C120H112BN5O. The Labute approximate surface area is 751 Å². The molecule has 127 heavy (non-hydrogen) atoms. The molecule has 7 heteroatoms. The lowest BCUT2D eigenvalue weighted by Gasteiger charge is -2.46. The van der Waals surface area contributed by atoms with Crippen LogP contribution in [0.25, 0.3) is 93.9 Å². The van der Waals surface area contributed by atoms with Crippen LogP contribution in [0, 0.1) is 0 Å². The summed E-state index contributed by atoms with van der Waals surface area (Å²) in [4.78, 5) is 10.5. The van der Waals surface area contributed by atoms with Gasteiger partial charge >= 0.3 is 0 Å². The second-order valence-electron chi connectivity index (χ2n) is 41.4. The molecule has 0 radical (unpaired) electrons. The molecule has 0 saturated carbocycles. The van der Waals surface area contributed by atoms with Gasteiger partial charge in [-0.15, -0.1) is 0 Å². The molecule has 0 fully saturated rings. The highest BCUT2D eigenvalue weighted by molar-refractivity contribution is 7.01. The summed E-state index contributed by atoms with van der Waals surface area (Å²) < 4.78 is 10.8. The van der Waals surface area contributed by atoms with Gasteiger partial charge in [0, 0.05) is 89.6 Å². The van der Waals surface area contributed by atoms with E-state index < -0.39 is 6.71 Å². The molecule has 0 amide bonds. The van der Waals surface area contributed by atoms with Crippen LogP contribution in [0.2, 0.25) is 0 Å². The Morgan fingerprint density at radius 1 is 0.260 bits per heavy atom. The van der Waals surface area contributed by atoms with E-state index in [-0.39, 0.29) is 32.5 Å². The number of aromatic nitrogens is 1. The van der Waals surface area contributed by atoms with Gasteiger partial charge < -0.3 is 28.6 Å². The van der Waals surface area contributed by atoms with Crippen LogP contribution in [0.15, 0.2) is 356 Å². The lowest BCUT2D eigenvalue weighted by Crippen LogP contribution is -2.61. The van der Waals surface area contributed by atoms with Crippen molar-refractivity contribution >= 4 is 135 Å². The Bertz CT molecular complexity index is 6950. The lowest BCUT2D eigenvalue weighted by molar-refractivity contribution is 0.590. The first-order valence-electron chi connectivity index (χ1n) is 45.3. The number of rotatable bonds is 13. The summed E-state index contributed by atoms with van der Waals surface area (Å²) in [6, 6.07) is 134. The lowest BCUT2D eigenvalue weighted by atomic mass is 9.33. The van der Waals surface area contributed by atoms with Gasteiger partial charge in [0.05, 0.1) is 39.2 Å². The third kappa shape index (κ3) is 14.4. The third-order valence-corrected chi connectivity index (χ3v) is 26.7. The van der Waals surface area contributed by atoms with Crippen LogP contribution < -0.4 is 36.0 Å². The molecule has 626 valence electrons. The average Bonchev–Trinajstić information content (AvgIpc) is 1.66. The molecule has 0 N–H and O–H groups in total. The molecule has 0 spiro atoms. The van der Waals surface area contributed by atoms with Crippen molar-refractivity contribution in [3.8, 4) is 50.2 Å². The predicted octanol–water partition coefficient (Wildman–Crippen LogP) is 32.2. The van der Waals surface area contributed by atoms with E-state index in [0.29, 0.717) is 0 Å². The summed E-state index contributed by atoms with van der Waals surface area (Å²) in [7, 11) is 0. The zero-order chi connectivity index (χ0) is 88.1. The molecule has 6 nitrogen and oxygen atoms in total. The minimum Gasteiger partial charge on any atom is -0.456 e. The molecule has 0 unspecified atom stereocenters. The molecule has 0 bridgehead atoms. The van der Waals surface area contributed by atoms with Gasteiger partial charge in [-0.25, -0.2) is 0 Å². The van der Waals surface area contributed by atoms with E-state index >= 15 is 0 Å². The van der Waals surface area contributed by atoms with Crippen LogP contribution >= 0.6 is 0 Å². The van der Waals surface area contributed by atoms with E-state index in [1.54, 1.807) is 0 Å². The molecular weight excluding hydrogens is 1540 g/mol. The molecule has 2 aliphatic rings. The second kappa shape index (κ2) is 30.6. The monoisotopic (exact) mass is 1650 g/mol. The normalized spacial score (nSPS) is 13.1. The van der Waals surface area contributed by atoms with Crippen LogP contribution in [0.3, 0.4) is 0 Å². The maximum Gasteiger partial charge on any atom is 0.257 e. The second-order valence-corrected chi connectivity index (χ2v) is 41.4. The number of benzene rings is 16. The highest BCUT2D eigenvalue weighted by Crippen LogP contribution is 2.58. The van der Waals surface area contributed by atoms with Crippen LogP contribution in [-0.4, -0.2) is 11.3 Å². The first-order valence-corrected chi connectivity index (χ1v) is 45.3. The van der Waals surface area contributed by atoms with Gasteiger partial charge in [0.1, 0.15) is 11.2 Å². The number of fused-ring (bicyclic) bond motifs is 11. The third-order valence-electron chi connectivity index (χ3n) is 26.7. The van der Waals surface area contributed by atoms with Crippen LogP contribution in [0.4, 0.5) is 68.2 Å². The summed E-state index contributed by atoms with van der Waals surface area (Å²) in [6.07, 6.45) is 0. The van der Waals surface area contributed by atoms with Crippen molar-refractivity contribution in [1.29, 1.82) is 0 Å². The molecule has 20 rings (SSSR count). The minimum absolute atomic E-state index is 0.0833. The predicted molar refractivity (Wildman–Crippen MR) is 545 cm³/mol. The summed E-state index contributed by atoms with van der Waals surface area (Å²) in [5, 5.41) is 4.47. The highest BCUT2D eigenvalue weighted by atomic mass is 16.3. The molecule has 0 saturated heterocycles. The number of nitrogens with zero attached hydrogens (tertiary/aromatic N) is 5. The largest absolute Gasteiger partial charge is 0.456 e. The van der Waals surface area contributed by atoms with Gasteiger partial charge in [0.15, 0.2) is 0 Å². The van der Waals surface area contributed by atoms with Crippen molar-refractivity contribution in [2.45, 2.75) is 157 Å². The van der Waals surface area contributed by atoms with Crippen LogP contribution in [-0.2, 0) is 32.5 Å². The minimum atomic E-state index is -0.506. The van der Waals surface area contributed by atoms with Crippen molar-refractivity contribution in [2.24, 2.45) is 0 Å². The summed E-state index contributed by atoms with van der Waals surface area (Å²) in [6.45, 7) is 41.3. The maximum absolute atomic E-state index is 8.16. The Hall–Kier alpha value is -13.6. The molecule has 2 aromatic heterocycles. The SMILES string of the molecule is CC(C)(C)c1ccc(N(c2ccc(C(C)(C)C)cc2)c2ccc3c(c2)N(c2c(-c4ccccc4)cccc2-c2ccccc2)c2cc(-n4c5ccc(C(C)(C)C)cc5c5cc(C(C)(C)C)ccc54)cc4c2B3c2c(cc(N(c3ccc(C(C)(C)C)cc3)c3ccc(C(C)(C)C)cc3)c3c2oc2ccccc23)N4c2c(-c3ccccc3)cccc2-c2ccccc2)cc1. The Balaban J connectivity index is 1.02. The van der Waals surface area contributed by atoms with Crippen molar-refractivity contribution in [3.05, 3.63) is 385 Å². The molecule has 16 aromatic carbocycles. The fourth-order valence-corrected chi connectivity index (χ4v) is 19.8. The molecule has 2 aliphatic heterocycles. The van der Waals surface area contributed by atoms with Gasteiger partial charge in [0.25, 0.3) is 6.71 Å². The standard InChI is InChI=1S/C120H112BN5O/c1-115(2,3)81-49-59-87(60-50-81)122(88-61-51-82(52-62-88)116(4,5)6)91-67-68-100-103(73-91)125(112-93(77-35-23-19-24-36-77)44-33-45-94(112)78-37-25-20-26-38-78)105-74-92(124-101-69-57-85(119(13,14)15)71-98(101)99-72-86(120(16,17)18)58-70-102(99)124)75-106-110(105)121(100)111-107(126(106)113-95(79-39-27-21-28-40-79)46-34-47-96(113)80-41-29-22-30-42-80)76-104(109-97-43-31-32-48-108(97)127-114(109)111)123(89-63-53-83(54-64-89)117(7,8)9)90-65-55-84(56-66-90)118(10,11)12/h19-76H,1-18H3. The van der Waals surface area contributed by atoms with Gasteiger partial charge in [-0.05, 0) is 214 Å². The number of anilines is 12. The zero-order valence-electron chi connectivity index (χ0n) is 76.7. The number of hydrogen-bond acceptors (Lipinski definition) is 5. The maximum atomic E-state index is 8.16.